The van der Waals surface area contributed by atoms with Crippen LogP contribution >= 0.6 is 0 Å². The number of amides is 2. The first-order valence-electron chi connectivity index (χ1n) is 17.7. The lowest BCUT2D eigenvalue weighted by Crippen LogP contribution is -2.49. The van der Waals surface area contributed by atoms with Crippen molar-refractivity contribution in [2.75, 3.05) is 18.0 Å². The van der Waals surface area contributed by atoms with Gasteiger partial charge in [-0.05, 0) is 68.9 Å². The van der Waals surface area contributed by atoms with E-state index in [0.717, 1.165) is 82.9 Å². The fourth-order valence-electron chi connectivity index (χ4n) is 6.39. The topological polar surface area (TPSA) is 89.8 Å². The van der Waals surface area contributed by atoms with Crippen LogP contribution in [0.3, 0.4) is 0 Å². The van der Waals surface area contributed by atoms with E-state index >= 15 is 0 Å². The number of rotatable bonds is 11. The van der Waals surface area contributed by atoms with Gasteiger partial charge in [-0.1, -0.05) is 93.1 Å². The molecule has 0 atom stereocenters. The summed E-state index contributed by atoms with van der Waals surface area (Å²) >= 11 is 0. The molecule has 1 aliphatic rings. The molecule has 260 valence electrons. The minimum Gasteiger partial charge on any atom is -0.428 e. The molecule has 5 aromatic rings. The molecule has 6 rings (SSSR count). The highest BCUT2D eigenvalue weighted by Crippen LogP contribution is 2.32. The van der Waals surface area contributed by atoms with Crippen LogP contribution in [0.5, 0.6) is 5.75 Å². The second-order valence-electron chi connectivity index (χ2n) is 13.8. The van der Waals surface area contributed by atoms with Crippen LogP contribution in [-0.2, 0) is 30.7 Å². The van der Waals surface area contributed by atoms with Crippen molar-refractivity contribution in [2.45, 2.75) is 85.4 Å². The summed E-state index contributed by atoms with van der Waals surface area (Å²) in [7, 11) is 0. The van der Waals surface area contributed by atoms with Crippen LogP contribution in [0.1, 0.15) is 76.5 Å². The molecule has 0 unspecified atom stereocenters. The summed E-state index contributed by atoms with van der Waals surface area (Å²) < 4.78 is 13.2. The predicted molar refractivity (Wildman–Crippen MR) is 198 cm³/mol. The van der Waals surface area contributed by atoms with E-state index < -0.39 is 11.8 Å². The molecule has 1 saturated heterocycles. The number of para-hydroxylation sites is 1. The third-order valence-corrected chi connectivity index (χ3v) is 8.84. The summed E-state index contributed by atoms with van der Waals surface area (Å²) in [5, 5.41) is 0. The maximum Gasteiger partial charge on any atom is 0.514 e. The molecule has 3 heterocycles. The normalized spacial score (nSPS) is 13.6. The van der Waals surface area contributed by atoms with Crippen molar-refractivity contribution in [3.05, 3.63) is 108 Å². The number of hydrogen-bond acceptors (Lipinski definition) is 6. The molecule has 2 amide bonds. The number of benzene rings is 3. The number of imidazole rings is 1. The summed E-state index contributed by atoms with van der Waals surface area (Å²) in [6.07, 6.45) is 3.77. The second kappa shape index (κ2) is 15.2. The minimum atomic E-state index is -0.732. The van der Waals surface area contributed by atoms with Gasteiger partial charge in [-0.3, -0.25) is 4.90 Å². The standard InChI is InChI=1S/C41H47N5O4/c1-6-8-19-37-42-34-26-35(45-25-14-24-44(39(45)47)27-29-15-10-9-11-16-29)33(7-2)43-38(34)46(37)28-30-20-22-31(23-21-30)32-17-12-13-18-36(32)49-40(48)50-41(3,4)5/h9-13,15-18,20-23,26H,6-8,14,19,24-25,27-28H2,1-5H3. The summed E-state index contributed by atoms with van der Waals surface area (Å²) in [4.78, 5) is 40.4. The van der Waals surface area contributed by atoms with Gasteiger partial charge in [0.2, 0.25) is 0 Å². The fraction of sp³-hybridized carbons (Fsp3) is 0.366. The van der Waals surface area contributed by atoms with Gasteiger partial charge in [0.1, 0.15) is 22.7 Å². The van der Waals surface area contributed by atoms with Crippen molar-refractivity contribution in [2.24, 2.45) is 0 Å². The summed E-state index contributed by atoms with van der Waals surface area (Å²) in [5.41, 5.74) is 6.70. The van der Waals surface area contributed by atoms with Gasteiger partial charge >= 0.3 is 12.2 Å². The second-order valence-corrected chi connectivity index (χ2v) is 13.8. The zero-order chi connectivity index (χ0) is 35.3. The Morgan fingerprint density at radius 1 is 0.860 bits per heavy atom. The molecule has 1 fully saturated rings. The largest absolute Gasteiger partial charge is 0.514 e. The highest BCUT2D eigenvalue weighted by Gasteiger charge is 2.30. The number of carbonyl (C=O) groups excluding carboxylic acids is 2. The van der Waals surface area contributed by atoms with E-state index in [2.05, 4.69) is 48.7 Å². The quantitative estimate of drug-likeness (QED) is 0.103. The number of pyridine rings is 1. The molecule has 0 saturated carbocycles. The van der Waals surface area contributed by atoms with E-state index in [1.165, 1.54) is 0 Å². The zero-order valence-electron chi connectivity index (χ0n) is 29.8. The molecule has 0 aliphatic carbocycles. The lowest BCUT2D eigenvalue weighted by molar-refractivity contribution is 0.0207. The Morgan fingerprint density at radius 3 is 2.30 bits per heavy atom. The van der Waals surface area contributed by atoms with E-state index in [9.17, 15) is 9.59 Å². The molecule has 9 heteroatoms. The van der Waals surface area contributed by atoms with Gasteiger partial charge in [-0.2, -0.15) is 0 Å². The first-order valence-corrected chi connectivity index (χ1v) is 17.7. The number of aromatic nitrogens is 3. The summed E-state index contributed by atoms with van der Waals surface area (Å²) in [5.74, 6) is 1.43. The molecule has 1 aliphatic heterocycles. The molecule has 9 nitrogen and oxygen atoms in total. The van der Waals surface area contributed by atoms with E-state index in [1.807, 2.05) is 79.1 Å². The SMILES string of the molecule is CCCCc1nc2cc(N3CCCN(Cc4ccccc4)C3=O)c(CC)nc2n1Cc1ccc(-c2ccccc2OC(=O)OC(C)(C)C)cc1. The van der Waals surface area contributed by atoms with Crippen LogP contribution in [0, 0.1) is 0 Å². The van der Waals surface area contributed by atoms with Crippen molar-refractivity contribution in [3.8, 4) is 16.9 Å². The van der Waals surface area contributed by atoms with Gasteiger partial charge in [0.05, 0.1) is 17.9 Å². The summed E-state index contributed by atoms with van der Waals surface area (Å²) in [6.45, 7) is 12.3. The Hall–Kier alpha value is -5.18. The van der Waals surface area contributed by atoms with E-state index in [-0.39, 0.29) is 6.03 Å². The predicted octanol–water partition coefficient (Wildman–Crippen LogP) is 9.20. The molecule has 2 aromatic heterocycles. The van der Waals surface area contributed by atoms with Gasteiger partial charge in [0, 0.05) is 31.6 Å². The smallest absolute Gasteiger partial charge is 0.428 e. The van der Waals surface area contributed by atoms with Crippen molar-refractivity contribution >= 4 is 29.0 Å². The Kier molecular flexibility index (Phi) is 10.5. The average Bonchev–Trinajstić information content (AvgIpc) is 3.43. The van der Waals surface area contributed by atoms with Crippen LogP contribution in [-0.4, -0.2) is 50.3 Å². The number of anilines is 1. The van der Waals surface area contributed by atoms with Crippen LogP contribution in [0.15, 0.2) is 84.9 Å². The highest BCUT2D eigenvalue weighted by molar-refractivity contribution is 5.95. The zero-order valence-corrected chi connectivity index (χ0v) is 29.8. The van der Waals surface area contributed by atoms with Gasteiger partial charge in [-0.25, -0.2) is 19.6 Å². The molecule has 0 radical (unpaired) electrons. The number of ether oxygens (including phenoxy) is 2. The van der Waals surface area contributed by atoms with Crippen LogP contribution in [0.4, 0.5) is 15.3 Å². The van der Waals surface area contributed by atoms with E-state index in [4.69, 9.17) is 19.4 Å². The molecule has 0 bridgehead atoms. The van der Waals surface area contributed by atoms with E-state index in [0.29, 0.717) is 31.8 Å². The van der Waals surface area contributed by atoms with E-state index in [1.54, 1.807) is 6.07 Å². The third-order valence-electron chi connectivity index (χ3n) is 8.84. The molecule has 0 spiro atoms. The maximum absolute atomic E-state index is 13.8. The number of urea groups is 1. The molecular formula is C41H47N5O4. The highest BCUT2D eigenvalue weighted by atomic mass is 16.7. The van der Waals surface area contributed by atoms with Crippen LogP contribution < -0.4 is 9.64 Å². The van der Waals surface area contributed by atoms with Gasteiger partial charge in [0.25, 0.3) is 0 Å². The average molecular weight is 674 g/mol. The molecule has 3 aromatic carbocycles. The number of aryl methyl sites for hydroxylation is 2. The number of fused-ring (bicyclic) bond motifs is 1. The fourth-order valence-corrected chi connectivity index (χ4v) is 6.39. The van der Waals surface area contributed by atoms with Crippen molar-refractivity contribution < 1.29 is 19.1 Å². The molecular weight excluding hydrogens is 626 g/mol. The molecule has 0 N–H and O–H groups in total. The van der Waals surface area contributed by atoms with Gasteiger partial charge < -0.3 is 18.9 Å². The van der Waals surface area contributed by atoms with Crippen LogP contribution in [0.25, 0.3) is 22.3 Å². The van der Waals surface area contributed by atoms with Crippen molar-refractivity contribution in [1.82, 2.24) is 19.4 Å². The first kappa shape index (κ1) is 34.7. The number of nitrogens with zero attached hydrogens (tertiary/aromatic N) is 5. The number of unbranched alkanes of at least 4 members (excludes halogenated alkanes) is 1. The monoisotopic (exact) mass is 673 g/mol. The number of carbonyl (C=O) groups is 2. The van der Waals surface area contributed by atoms with Gasteiger partial charge in [0.15, 0.2) is 5.65 Å². The van der Waals surface area contributed by atoms with Crippen molar-refractivity contribution in [3.63, 3.8) is 0 Å². The lowest BCUT2D eigenvalue weighted by Gasteiger charge is -2.36. The Labute approximate surface area is 294 Å². The minimum absolute atomic E-state index is 0.0137. The Balaban J connectivity index is 1.28. The Bertz CT molecular complexity index is 1950. The first-order chi connectivity index (χ1) is 24.1. The summed E-state index contributed by atoms with van der Waals surface area (Å²) in [6, 6.07) is 28.0. The molecule has 50 heavy (non-hydrogen) atoms. The van der Waals surface area contributed by atoms with Crippen molar-refractivity contribution in [1.29, 1.82) is 0 Å². The van der Waals surface area contributed by atoms with Gasteiger partial charge in [-0.15, -0.1) is 0 Å². The third kappa shape index (κ3) is 7.99. The van der Waals surface area contributed by atoms with Crippen LogP contribution in [0.2, 0.25) is 0 Å². The maximum atomic E-state index is 13.8. The Morgan fingerprint density at radius 2 is 1.58 bits per heavy atom. The lowest BCUT2D eigenvalue weighted by atomic mass is 10.0. The number of hydrogen-bond donors (Lipinski definition) is 0.